The van der Waals surface area contributed by atoms with Crippen molar-refractivity contribution in [3.63, 3.8) is 0 Å². The molecule has 0 aliphatic carbocycles. The third-order valence-corrected chi connectivity index (χ3v) is 4.43. The molecule has 0 aromatic carbocycles. The van der Waals surface area contributed by atoms with Crippen molar-refractivity contribution in [2.75, 3.05) is 11.4 Å². The first-order chi connectivity index (χ1) is 8.38. The predicted octanol–water partition coefficient (Wildman–Crippen LogP) is 3.44. The van der Waals surface area contributed by atoms with E-state index in [0.717, 1.165) is 30.9 Å². The van der Waals surface area contributed by atoms with Gasteiger partial charge in [-0.25, -0.2) is 4.98 Å². The summed E-state index contributed by atoms with van der Waals surface area (Å²) in [6.45, 7) is 1.99. The molecule has 1 aliphatic rings. The second-order valence-electron chi connectivity index (χ2n) is 4.16. The van der Waals surface area contributed by atoms with Crippen LogP contribution in [-0.4, -0.2) is 11.5 Å². The molecule has 0 spiro atoms. The lowest BCUT2D eigenvalue weighted by Crippen LogP contribution is -2.30. The molecule has 0 saturated carbocycles. The van der Waals surface area contributed by atoms with Gasteiger partial charge in [0.05, 0.1) is 5.88 Å². The van der Waals surface area contributed by atoms with Crippen LogP contribution in [0, 0.1) is 0 Å². The first-order valence-corrected chi connectivity index (χ1v) is 7.10. The van der Waals surface area contributed by atoms with Gasteiger partial charge in [-0.1, -0.05) is 6.07 Å². The van der Waals surface area contributed by atoms with Crippen LogP contribution in [0.5, 0.6) is 0 Å². The molecule has 0 saturated heterocycles. The quantitative estimate of drug-likeness (QED) is 0.773. The Morgan fingerprint density at radius 3 is 3.24 bits per heavy atom. The normalized spacial score (nSPS) is 14.8. The number of aromatic nitrogens is 1. The fourth-order valence-electron chi connectivity index (χ4n) is 2.25. The lowest BCUT2D eigenvalue weighted by Gasteiger charge is -2.29. The molecule has 0 amide bonds. The molecule has 0 radical (unpaired) electrons. The monoisotopic (exact) mass is 264 g/mol. The number of hydrogen-bond donors (Lipinski definition) is 0. The Bertz CT molecular complexity index is 524. The van der Waals surface area contributed by atoms with Gasteiger partial charge in [0, 0.05) is 29.7 Å². The zero-order valence-corrected chi connectivity index (χ0v) is 11.0. The molecule has 3 heterocycles. The van der Waals surface area contributed by atoms with Gasteiger partial charge in [0.1, 0.15) is 5.82 Å². The Balaban J connectivity index is 1.91. The van der Waals surface area contributed by atoms with Crippen molar-refractivity contribution in [1.82, 2.24) is 4.98 Å². The summed E-state index contributed by atoms with van der Waals surface area (Å²) in [7, 11) is 0. The number of fused-ring (bicyclic) bond motifs is 1. The smallest absolute Gasteiger partial charge is 0.133 e. The van der Waals surface area contributed by atoms with Gasteiger partial charge < -0.3 is 4.90 Å². The van der Waals surface area contributed by atoms with Crippen LogP contribution in [0.3, 0.4) is 0 Å². The second-order valence-corrected chi connectivity index (χ2v) is 5.43. The van der Waals surface area contributed by atoms with Crippen molar-refractivity contribution in [3.8, 4) is 0 Å². The lowest BCUT2D eigenvalue weighted by atomic mass is 10.1. The van der Waals surface area contributed by atoms with Crippen molar-refractivity contribution in [3.05, 3.63) is 45.8 Å². The van der Waals surface area contributed by atoms with Crippen molar-refractivity contribution in [2.24, 2.45) is 0 Å². The summed E-state index contributed by atoms with van der Waals surface area (Å²) in [6, 6.07) is 6.22. The Kier molecular flexibility index (Phi) is 3.04. The Labute approximate surface area is 110 Å². The van der Waals surface area contributed by atoms with E-state index >= 15 is 0 Å². The Hall–Kier alpha value is -1.06. The first kappa shape index (κ1) is 11.1. The van der Waals surface area contributed by atoms with E-state index in [-0.39, 0.29) is 0 Å². The van der Waals surface area contributed by atoms with E-state index in [1.54, 1.807) is 0 Å². The van der Waals surface area contributed by atoms with E-state index in [1.807, 2.05) is 23.6 Å². The second kappa shape index (κ2) is 4.67. The van der Waals surface area contributed by atoms with Crippen LogP contribution in [0.2, 0.25) is 0 Å². The van der Waals surface area contributed by atoms with Gasteiger partial charge in [-0.15, -0.1) is 22.9 Å². The molecule has 2 nitrogen and oxygen atoms in total. The molecule has 0 bridgehead atoms. The standard InChI is InChI=1S/C13H13ClN2S/c14-8-10-2-1-5-15-13(10)16-6-3-12-11(9-16)4-7-17-12/h1-2,4-5,7H,3,6,8-9H2. The molecule has 1 aliphatic heterocycles. The molecule has 88 valence electrons. The lowest BCUT2D eigenvalue weighted by molar-refractivity contribution is 0.728. The van der Waals surface area contributed by atoms with Crippen LogP contribution in [0.25, 0.3) is 0 Å². The third kappa shape index (κ3) is 2.05. The molecule has 0 unspecified atom stereocenters. The molecule has 0 atom stereocenters. The largest absolute Gasteiger partial charge is 0.352 e. The number of anilines is 1. The highest BCUT2D eigenvalue weighted by atomic mass is 35.5. The summed E-state index contributed by atoms with van der Waals surface area (Å²) in [5.41, 5.74) is 2.56. The predicted molar refractivity (Wildman–Crippen MR) is 72.9 cm³/mol. The van der Waals surface area contributed by atoms with Crippen LogP contribution < -0.4 is 4.90 Å². The summed E-state index contributed by atoms with van der Waals surface area (Å²) < 4.78 is 0. The van der Waals surface area contributed by atoms with Crippen molar-refractivity contribution in [2.45, 2.75) is 18.8 Å². The highest BCUT2D eigenvalue weighted by Gasteiger charge is 2.19. The van der Waals surface area contributed by atoms with Crippen molar-refractivity contribution in [1.29, 1.82) is 0 Å². The molecule has 17 heavy (non-hydrogen) atoms. The summed E-state index contributed by atoms with van der Waals surface area (Å²) in [6.07, 6.45) is 2.96. The summed E-state index contributed by atoms with van der Waals surface area (Å²) in [5.74, 6) is 1.57. The average Bonchev–Trinajstić information content (AvgIpc) is 2.85. The van der Waals surface area contributed by atoms with Crippen molar-refractivity contribution >= 4 is 28.8 Å². The molecule has 4 heteroatoms. The molecular weight excluding hydrogens is 252 g/mol. The fraction of sp³-hybridized carbons (Fsp3) is 0.308. The van der Waals surface area contributed by atoms with Crippen LogP contribution in [0.1, 0.15) is 16.0 Å². The molecule has 3 rings (SSSR count). The fourth-order valence-corrected chi connectivity index (χ4v) is 3.35. The van der Waals surface area contributed by atoms with Crippen LogP contribution >= 0.6 is 22.9 Å². The van der Waals surface area contributed by atoms with E-state index < -0.39 is 0 Å². The van der Waals surface area contributed by atoms with Gasteiger partial charge in [0.25, 0.3) is 0 Å². The number of rotatable bonds is 2. The number of halogens is 1. The van der Waals surface area contributed by atoms with Crippen molar-refractivity contribution < 1.29 is 0 Å². The van der Waals surface area contributed by atoms with Gasteiger partial charge in [-0.05, 0) is 29.5 Å². The number of pyridine rings is 1. The van der Waals surface area contributed by atoms with Crippen LogP contribution in [0.4, 0.5) is 5.82 Å². The number of hydrogen-bond acceptors (Lipinski definition) is 3. The number of alkyl halides is 1. The maximum absolute atomic E-state index is 5.97. The topological polar surface area (TPSA) is 16.1 Å². The third-order valence-electron chi connectivity index (χ3n) is 3.12. The van der Waals surface area contributed by atoms with E-state index in [9.17, 15) is 0 Å². The zero-order chi connectivity index (χ0) is 11.7. The molecular formula is C13H13ClN2S. The molecule has 0 N–H and O–H groups in total. The summed E-state index contributed by atoms with van der Waals surface area (Å²) >= 11 is 7.83. The van der Waals surface area contributed by atoms with Gasteiger partial charge >= 0.3 is 0 Å². The zero-order valence-electron chi connectivity index (χ0n) is 9.40. The van der Waals surface area contributed by atoms with Crippen LogP contribution in [-0.2, 0) is 18.8 Å². The minimum Gasteiger partial charge on any atom is -0.352 e. The maximum atomic E-state index is 5.97. The average molecular weight is 265 g/mol. The SMILES string of the molecule is ClCc1cccnc1N1CCc2sccc2C1. The minimum absolute atomic E-state index is 0.524. The van der Waals surface area contributed by atoms with E-state index in [0.29, 0.717) is 5.88 Å². The molecule has 0 fully saturated rings. The van der Waals surface area contributed by atoms with Gasteiger partial charge in [-0.3, -0.25) is 0 Å². The van der Waals surface area contributed by atoms with E-state index in [2.05, 4.69) is 27.4 Å². The summed E-state index contributed by atoms with van der Waals surface area (Å²) in [4.78, 5) is 8.32. The number of thiophene rings is 1. The maximum Gasteiger partial charge on any atom is 0.133 e. The van der Waals surface area contributed by atoms with Gasteiger partial charge in [-0.2, -0.15) is 0 Å². The highest BCUT2D eigenvalue weighted by molar-refractivity contribution is 7.10. The Morgan fingerprint density at radius 2 is 2.35 bits per heavy atom. The Morgan fingerprint density at radius 1 is 1.41 bits per heavy atom. The molecule has 2 aromatic rings. The first-order valence-electron chi connectivity index (χ1n) is 5.68. The highest BCUT2D eigenvalue weighted by Crippen LogP contribution is 2.28. The van der Waals surface area contributed by atoms with Gasteiger partial charge in [0.15, 0.2) is 0 Å². The van der Waals surface area contributed by atoms with E-state index in [4.69, 9.17) is 11.6 Å². The minimum atomic E-state index is 0.524. The van der Waals surface area contributed by atoms with Crippen LogP contribution in [0.15, 0.2) is 29.8 Å². The number of nitrogens with zero attached hydrogens (tertiary/aromatic N) is 2. The van der Waals surface area contributed by atoms with Gasteiger partial charge in [0.2, 0.25) is 0 Å². The summed E-state index contributed by atoms with van der Waals surface area (Å²) in [5, 5.41) is 2.18. The molecule has 2 aromatic heterocycles. The van der Waals surface area contributed by atoms with E-state index in [1.165, 1.54) is 10.4 Å².